The number of nitrogens with zero attached hydrogens (tertiary/aromatic N) is 2. The van der Waals surface area contributed by atoms with E-state index in [-0.39, 0.29) is 17.2 Å². The van der Waals surface area contributed by atoms with E-state index in [0.717, 1.165) is 37.1 Å². The van der Waals surface area contributed by atoms with Crippen LogP contribution in [-0.2, 0) is 0 Å². The Morgan fingerprint density at radius 3 is 2.34 bits per heavy atom. The molecule has 0 atom stereocenters. The summed E-state index contributed by atoms with van der Waals surface area (Å²) in [7, 11) is 0. The zero-order valence-corrected chi connectivity index (χ0v) is 15.9. The van der Waals surface area contributed by atoms with Crippen LogP contribution in [0.3, 0.4) is 0 Å². The Morgan fingerprint density at radius 1 is 0.931 bits per heavy atom. The predicted molar refractivity (Wildman–Crippen MR) is 114 cm³/mol. The van der Waals surface area contributed by atoms with Gasteiger partial charge in [-0.05, 0) is 36.6 Å². The Labute approximate surface area is 168 Å². The Morgan fingerprint density at radius 2 is 1.62 bits per heavy atom. The normalized spacial score (nSPS) is 13.3. The van der Waals surface area contributed by atoms with Crippen molar-refractivity contribution in [1.29, 1.82) is 0 Å². The Balaban J connectivity index is 1.63. The fourth-order valence-corrected chi connectivity index (χ4v) is 3.69. The highest BCUT2D eigenvalue weighted by molar-refractivity contribution is 6.07. The van der Waals surface area contributed by atoms with E-state index < -0.39 is 4.92 Å². The van der Waals surface area contributed by atoms with Gasteiger partial charge in [0.05, 0.1) is 4.92 Å². The van der Waals surface area contributed by atoms with Crippen LogP contribution in [0.2, 0.25) is 0 Å². The molecule has 3 aromatic rings. The van der Waals surface area contributed by atoms with Crippen LogP contribution in [0.25, 0.3) is 11.1 Å². The van der Waals surface area contributed by atoms with Gasteiger partial charge in [0.1, 0.15) is 5.69 Å². The number of amides is 1. The summed E-state index contributed by atoms with van der Waals surface area (Å²) in [6.07, 6.45) is 2.05. The lowest BCUT2D eigenvalue weighted by atomic mass is 10.0. The van der Waals surface area contributed by atoms with Gasteiger partial charge in [-0.3, -0.25) is 14.9 Å². The highest BCUT2D eigenvalue weighted by atomic mass is 16.6. The topological polar surface area (TPSA) is 75.5 Å². The lowest BCUT2D eigenvalue weighted by Gasteiger charge is -2.18. The van der Waals surface area contributed by atoms with Crippen molar-refractivity contribution in [1.82, 2.24) is 0 Å². The molecule has 0 spiro atoms. The number of carbonyl (C=O) groups is 1. The molecule has 3 aromatic carbocycles. The van der Waals surface area contributed by atoms with E-state index in [1.165, 1.54) is 6.07 Å². The van der Waals surface area contributed by atoms with Crippen molar-refractivity contribution in [2.45, 2.75) is 12.8 Å². The number of anilines is 2. The summed E-state index contributed by atoms with van der Waals surface area (Å²) in [6, 6.07) is 22.0. The summed E-state index contributed by atoms with van der Waals surface area (Å²) >= 11 is 0. The van der Waals surface area contributed by atoms with Crippen LogP contribution in [0.5, 0.6) is 0 Å². The van der Waals surface area contributed by atoms with Gasteiger partial charge in [0.2, 0.25) is 0 Å². The minimum absolute atomic E-state index is 0.0316. The fraction of sp³-hybridized carbons (Fsp3) is 0.174. The van der Waals surface area contributed by atoms with Gasteiger partial charge in [0.15, 0.2) is 0 Å². The molecule has 0 saturated carbocycles. The summed E-state index contributed by atoms with van der Waals surface area (Å²) in [6.45, 7) is 1.60. The van der Waals surface area contributed by atoms with Crippen LogP contribution in [-0.4, -0.2) is 23.9 Å². The van der Waals surface area contributed by atoms with Crippen molar-refractivity contribution in [3.05, 3.63) is 88.5 Å². The number of rotatable bonds is 5. The molecule has 1 aliphatic heterocycles. The third-order valence-electron chi connectivity index (χ3n) is 5.14. The summed E-state index contributed by atoms with van der Waals surface area (Å²) in [5.74, 6) is -0.371. The molecular formula is C23H21N3O3. The third kappa shape index (κ3) is 3.96. The van der Waals surface area contributed by atoms with Crippen LogP contribution < -0.4 is 10.2 Å². The fourth-order valence-electron chi connectivity index (χ4n) is 3.69. The van der Waals surface area contributed by atoms with Crippen molar-refractivity contribution < 1.29 is 9.72 Å². The zero-order valence-electron chi connectivity index (χ0n) is 15.9. The lowest BCUT2D eigenvalue weighted by Crippen LogP contribution is -2.20. The first-order chi connectivity index (χ1) is 14.1. The second-order valence-corrected chi connectivity index (χ2v) is 7.02. The second kappa shape index (κ2) is 8.14. The first-order valence-electron chi connectivity index (χ1n) is 9.63. The molecule has 6 heteroatoms. The van der Waals surface area contributed by atoms with Crippen molar-refractivity contribution in [2.24, 2.45) is 0 Å². The van der Waals surface area contributed by atoms with E-state index in [0.29, 0.717) is 11.4 Å². The maximum Gasteiger partial charge on any atom is 0.293 e. The molecule has 1 aliphatic rings. The van der Waals surface area contributed by atoms with Gasteiger partial charge in [0.25, 0.3) is 11.6 Å². The minimum atomic E-state index is -0.414. The molecule has 1 fully saturated rings. The largest absolute Gasteiger partial charge is 0.366 e. The maximum absolute atomic E-state index is 12.9. The highest BCUT2D eigenvalue weighted by Crippen LogP contribution is 2.32. The summed E-state index contributed by atoms with van der Waals surface area (Å²) in [5, 5.41) is 14.5. The van der Waals surface area contributed by atoms with Crippen LogP contribution in [0.1, 0.15) is 23.2 Å². The lowest BCUT2D eigenvalue weighted by molar-refractivity contribution is -0.384. The average molecular weight is 387 g/mol. The molecule has 146 valence electrons. The van der Waals surface area contributed by atoms with Gasteiger partial charge in [-0.15, -0.1) is 0 Å². The van der Waals surface area contributed by atoms with E-state index in [1.54, 1.807) is 12.1 Å². The second-order valence-electron chi connectivity index (χ2n) is 7.02. The zero-order chi connectivity index (χ0) is 20.2. The molecule has 1 saturated heterocycles. The monoisotopic (exact) mass is 387 g/mol. The number of para-hydroxylation sites is 1. The van der Waals surface area contributed by atoms with Gasteiger partial charge >= 0.3 is 0 Å². The predicted octanol–water partition coefficient (Wildman–Crippen LogP) is 5.11. The van der Waals surface area contributed by atoms with Crippen molar-refractivity contribution in [3.63, 3.8) is 0 Å². The number of benzene rings is 3. The first-order valence-corrected chi connectivity index (χ1v) is 9.63. The quantitative estimate of drug-likeness (QED) is 0.487. The molecule has 1 heterocycles. The van der Waals surface area contributed by atoms with Crippen molar-refractivity contribution in [3.8, 4) is 11.1 Å². The summed E-state index contributed by atoms with van der Waals surface area (Å²) in [4.78, 5) is 26.0. The Kier molecular flexibility index (Phi) is 5.24. The summed E-state index contributed by atoms with van der Waals surface area (Å²) < 4.78 is 0. The average Bonchev–Trinajstić information content (AvgIpc) is 3.29. The van der Waals surface area contributed by atoms with Crippen molar-refractivity contribution >= 4 is 23.0 Å². The SMILES string of the molecule is O=C(Nc1ccccc1-c1ccccc1)c1ccc(N2CCCC2)c([N+](=O)[O-])c1. The van der Waals surface area contributed by atoms with E-state index in [2.05, 4.69) is 5.32 Å². The van der Waals surface area contributed by atoms with E-state index in [9.17, 15) is 14.9 Å². The van der Waals surface area contributed by atoms with E-state index >= 15 is 0 Å². The maximum atomic E-state index is 12.9. The molecule has 1 amide bonds. The van der Waals surface area contributed by atoms with Crippen LogP contribution in [0.15, 0.2) is 72.8 Å². The smallest absolute Gasteiger partial charge is 0.293 e. The molecule has 0 aromatic heterocycles. The third-order valence-corrected chi connectivity index (χ3v) is 5.14. The molecule has 0 unspecified atom stereocenters. The number of carbonyl (C=O) groups excluding carboxylic acids is 1. The van der Waals surface area contributed by atoms with Gasteiger partial charge in [0, 0.05) is 36.0 Å². The molecular weight excluding hydrogens is 366 g/mol. The number of nitro benzene ring substituents is 1. The van der Waals surface area contributed by atoms with Gasteiger partial charge in [-0.25, -0.2) is 0 Å². The minimum Gasteiger partial charge on any atom is -0.366 e. The number of nitrogens with one attached hydrogen (secondary N) is 1. The Bertz CT molecular complexity index is 1040. The van der Waals surface area contributed by atoms with Crippen molar-refractivity contribution in [2.75, 3.05) is 23.3 Å². The van der Waals surface area contributed by atoms with Crippen LogP contribution in [0, 0.1) is 10.1 Å². The van der Waals surface area contributed by atoms with E-state index in [1.807, 2.05) is 59.5 Å². The van der Waals surface area contributed by atoms with Gasteiger partial charge in [-0.1, -0.05) is 48.5 Å². The Hall–Kier alpha value is -3.67. The number of hydrogen-bond acceptors (Lipinski definition) is 4. The molecule has 0 radical (unpaired) electrons. The van der Waals surface area contributed by atoms with Gasteiger partial charge in [-0.2, -0.15) is 0 Å². The van der Waals surface area contributed by atoms with Crippen LogP contribution >= 0.6 is 0 Å². The molecule has 0 bridgehead atoms. The first kappa shape index (κ1) is 18.7. The van der Waals surface area contributed by atoms with Crippen LogP contribution in [0.4, 0.5) is 17.1 Å². The highest BCUT2D eigenvalue weighted by Gasteiger charge is 2.24. The number of nitro groups is 1. The standard InChI is InChI=1S/C23H21N3O3/c27-23(24-20-11-5-4-10-19(20)17-8-2-1-3-9-17)18-12-13-21(22(16-18)26(28)29)25-14-6-7-15-25/h1-5,8-13,16H,6-7,14-15H2,(H,24,27). The molecule has 1 N–H and O–H groups in total. The molecule has 29 heavy (non-hydrogen) atoms. The molecule has 0 aliphatic carbocycles. The summed E-state index contributed by atoms with van der Waals surface area (Å²) in [5.41, 5.74) is 3.35. The molecule has 6 nitrogen and oxygen atoms in total. The van der Waals surface area contributed by atoms with Gasteiger partial charge < -0.3 is 10.2 Å². The molecule has 4 rings (SSSR count). The number of hydrogen-bond donors (Lipinski definition) is 1. The van der Waals surface area contributed by atoms with E-state index in [4.69, 9.17) is 0 Å².